The molecule has 42 heavy (non-hydrogen) atoms. The standard InChI is InChI=1S/C34H37N3O4S/c1-25-8-17-33(41-2)32(22-25)36-42(39,40)31-15-13-30(14-16-31)35-34(38)29-11-9-28(10-12-29)24-37-20-18-27(19-21-37)23-26-6-4-3-5-7-26/h3-17,22,27,36H,18-21,23-24H2,1-2H3,(H,35,38). The molecule has 1 amide bonds. The van der Waals surface area contributed by atoms with Crippen LogP contribution in [0.1, 0.15) is 39.9 Å². The molecule has 1 aliphatic heterocycles. The molecule has 0 aliphatic carbocycles. The minimum absolute atomic E-state index is 0.0810. The second kappa shape index (κ2) is 13.2. The number of rotatable bonds is 10. The third-order valence-corrected chi connectivity index (χ3v) is 9.10. The predicted octanol–water partition coefficient (Wildman–Crippen LogP) is 6.51. The summed E-state index contributed by atoms with van der Waals surface area (Å²) in [5, 5.41) is 2.85. The maximum Gasteiger partial charge on any atom is 0.262 e. The van der Waals surface area contributed by atoms with Gasteiger partial charge < -0.3 is 10.1 Å². The molecule has 4 aromatic carbocycles. The number of methoxy groups -OCH3 is 1. The molecule has 7 nitrogen and oxygen atoms in total. The van der Waals surface area contributed by atoms with Crippen molar-refractivity contribution in [3.8, 4) is 5.75 Å². The van der Waals surface area contributed by atoms with Crippen molar-refractivity contribution in [1.82, 2.24) is 4.90 Å². The van der Waals surface area contributed by atoms with Crippen molar-refractivity contribution in [3.63, 3.8) is 0 Å². The van der Waals surface area contributed by atoms with E-state index < -0.39 is 10.0 Å². The van der Waals surface area contributed by atoms with Crippen molar-refractivity contribution in [3.05, 3.63) is 119 Å². The second-order valence-corrected chi connectivity index (χ2v) is 12.6. The topological polar surface area (TPSA) is 87.7 Å². The molecule has 0 aromatic heterocycles. The fourth-order valence-corrected chi connectivity index (χ4v) is 6.40. The van der Waals surface area contributed by atoms with Crippen molar-refractivity contribution in [2.24, 2.45) is 5.92 Å². The maximum atomic E-state index is 12.9. The summed E-state index contributed by atoms with van der Waals surface area (Å²) in [6.07, 6.45) is 3.55. The molecule has 0 radical (unpaired) electrons. The number of nitrogens with zero attached hydrogens (tertiary/aromatic N) is 1. The summed E-state index contributed by atoms with van der Waals surface area (Å²) in [6, 6.07) is 29.8. The third-order valence-electron chi connectivity index (χ3n) is 7.72. The zero-order chi connectivity index (χ0) is 29.5. The number of piperidine rings is 1. The van der Waals surface area contributed by atoms with E-state index in [0.717, 1.165) is 37.5 Å². The Balaban J connectivity index is 1.12. The van der Waals surface area contributed by atoms with Crippen LogP contribution in [0.4, 0.5) is 11.4 Å². The van der Waals surface area contributed by atoms with Crippen LogP contribution >= 0.6 is 0 Å². The van der Waals surface area contributed by atoms with Crippen LogP contribution in [0, 0.1) is 12.8 Å². The molecule has 0 spiro atoms. The molecule has 1 fully saturated rings. The van der Waals surface area contributed by atoms with Gasteiger partial charge in [-0.15, -0.1) is 0 Å². The van der Waals surface area contributed by atoms with Gasteiger partial charge >= 0.3 is 0 Å². The Kier molecular flexibility index (Phi) is 9.25. The Hall–Kier alpha value is -4.14. The summed E-state index contributed by atoms with van der Waals surface area (Å²) in [6.45, 7) is 4.91. The number of likely N-dealkylation sites (tertiary alicyclic amines) is 1. The van der Waals surface area contributed by atoms with E-state index in [0.29, 0.717) is 22.7 Å². The molecule has 1 saturated heterocycles. The van der Waals surface area contributed by atoms with E-state index in [-0.39, 0.29) is 10.8 Å². The normalized spacial score (nSPS) is 14.3. The highest BCUT2D eigenvalue weighted by molar-refractivity contribution is 7.92. The van der Waals surface area contributed by atoms with Gasteiger partial charge in [0.2, 0.25) is 0 Å². The second-order valence-electron chi connectivity index (χ2n) is 10.9. The lowest BCUT2D eigenvalue weighted by Gasteiger charge is -2.32. The number of carbonyl (C=O) groups is 1. The molecule has 1 heterocycles. The quantitative estimate of drug-likeness (QED) is 0.222. The lowest BCUT2D eigenvalue weighted by atomic mass is 9.90. The van der Waals surface area contributed by atoms with Crippen LogP contribution < -0.4 is 14.8 Å². The fraction of sp³-hybridized carbons (Fsp3) is 0.265. The van der Waals surface area contributed by atoms with Gasteiger partial charge in [0, 0.05) is 17.8 Å². The first-order valence-corrected chi connectivity index (χ1v) is 15.7. The molecule has 4 aromatic rings. The highest BCUT2D eigenvalue weighted by atomic mass is 32.2. The lowest BCUT2D eigenvalue weighted by Crippen LogP contribution is -2.33. The Bertz CT molecular complexity index is 1600. The zero-order valence-corrected chi connectivity index (χ0v) is 24.9. The molecule has 5 rings (SSSR count). The molecular weight excluding hydrogens is 546 g/mol. The van der Waals surface area contributed by atoms with E-state index in [2.05, 4.69) is 45.3 Å². The Morgan fingerprint density at radius 3 is 2.24 bits per heavy atom. The molecule has 1 aliphatic rings. The summed E-state index contributed by atoms with van der Waals surface area (Å²) in [5.74, 6) is 0.917. The number of amides is 1. The molecule has 0 atom stereocenters. The first-order chi connectivity index (χ1) is 20.3. The zero-order valence-electron chi connectivity index (χ0n) is 24.0. The van der Waals surface area contributed by atoms with Gasteiger partial charge in [-0.1, -0.05) is 48.5 Å². The fourth-order valence-electron chi connectivity index (χ4n) is 5.34. The molecule has 0 unspecified atom stereocenters. The molecule has 2 N–H and O–H groups in total. The summed E-state index contributed by atoms with van der Waals surface area (Å²) in [7, 11) is -2.35. The van der Waals surface area contributed by atoms with Crippen molar-refractivity contribution >= 4 is 27.3 Å². The third kappa shape index (κ3) is 7.57. The number of ether oxygens (including phenoxy) is 1. The molecule has 0 saturated carbocycles. The van der Waals surface area contributed by atoms with E-state index in [1.807, 2.05) is 37.3 Å². The lowest BCUT2D eigenvalue weighted by molar-refractivity contribution is 0.102. The number of hydrogen-bond donors (Lipinski definition) is 2. The largest absolute Gasteiger partial charge is 0.495 e. The Morgan fingerprint density at radius 2 is 1.57 bits per heavy atom. The van der Waals surface area contributed by atoms with Gasteiger partial charge in [-0.2, -0.15) is 0 Å². The van der Waals surface area contributed by atoms with Gasteiger partial charge in [-0.3, -0.25) is 14.4 Å². The van der Waals surface area contributed by atoms with E-state index in [9.17, 15) is 13.2 Å². The average molecular weight is 584 g/mol. The van der Waals surface area contributed by atoms with E-state index in [4.69, 9.17) is 4.74 Å². The number of sulfonamides is 1. The summed E-state index contributed by atoms with van der Waals surface area (Å²) in [5.41, 5.74) is 4.92. The number of aryl methyl sites for hydroxylation is 1. The van der Waals surface area contributed by atoms with Gasteiger partial charge in [-0.25, -0.2) is 8.42 Å². The SMILES string of the molecule is COc1ccc(C)cc1NS(=O)(=O)c1ccc(NC(=O)c2ccc(CN3CCC(Cc4ccccc4)CC3)cc2)cc1. The number of carbonyl (C=O) groups excluding carboxylic acids is 1. The monoisotopic (exact) mass is 583 g/mol. The summed E-state index contributed by atoms with van der Waals surface area (Å²) in [4.78, 5) is 15.4. The van der Waals surface area contributed by atoms with Gasteiger partial charge in [0.05, 0.1) is 17.7 Å². The smallest absolute Gasteiger partial charge is 0.262 e. The van der Waals surface area contributed by atoms with Crippen LogP contribution in [0.2, 0.25) is 0 Å². The number of nitrogens with one attached hydrogen (secondary N) is 2. The van der Waals surface area contributed by atoms with E-state index in [1.54, 1.807) is 24.3 Å². The van der Waals surface area contributed by atoms with Crippen LogP contribution in [-0.2, 0) is 23.0 Å². The molecule has 8 heteroatoms. The Labute approximate surface area is 248 Å². The number of hydrogen-bond acceptors (Lipinski definition) is 5. The van der Waals surface area contributed by atoms with Crippen molar-refractivity contribution in [2.45, 2.75) is 37.6 Å². The average Bonchev–Trinajstić information content (AvgIpc) is 2.99. The molecular formula is C34H37N3O4S. The van der Waals surface area contributed by atoms with Crippen LogP contribution in [-0.4, -0.2) is 39.4 Å². The van der Waals surface area contributed by atoms with Crippen LogP contribution in [0.15, 0.2) is 102 Å². The molecule has 218 valence electrons. The number of anilines is 2. The first-order valence-electron chi connectivity index (χ1n) is 14.2. The van der Waals surface area contributed by atoms with Crippen LogP contribution in [0.25, 0.3) is 0 Å². The van der Waals surface area contributed by atoms with Crippen LogP contribution in [0.5, 0.6) is 5.75 Å². The predicted molar refractivity (Wildman–Crippen MR) is 168 cm³/mol. The van der Waals surface area contributed by atoms with Crippen molar-refractivity contribution < 1.29 is 17.9 Å². The van der Waals surface area contributed by atoms with Crippen molar-refractivity contribution in [1.29, 1.82) is 0 Å². The minimum Gasteiger partial charge on any atom is -0.495 e. The highest BCUT2D eigenvalue weighted by Crippen LogP contribution is 2.28. The van der Waals surface area contributed by atoms with Crippen molar-refractivity contribution in [2.75, 3.05) is 30.2 Å². The summed E-state index contributed by atoms with van der Waals surface area (Å²) >= 11 is 0. The van der Waals surface area contributed by atoms with Gasteiger partial charge in [-0.05, 0) is 110 Å². The van der Waals surface area contributed by atoms with Gasteiger partial charge in [0.15, 0.2) is 0 Å². The van der Waals surface area contributed by atoms with Gasteiger partial charge in [0.25, 0.3) is 15.9 Å². The minimum atomic E-state index is -3.84. The number of benzene rings is 4. The highest BCUT2D eigenvalue weighted by Gasteiger charge is 2.20. The van der Waals surface area contributed by atoms with E-state index in [1.165, 1.54) is 43.2 Å². The first kappa shape index (κ1) is 29.4. The molecule has 0 bridgehead atoms. The van der Waals surface area contributed by atoms with E-state index >= 15 is 0 Å². The summed E-state index contributed by atoms with van der Waals surface area (Å²) < 4.78 is 33.7. The van der Waals surface area contributed by atoms with Gasteiger partial charge in [0.1, 0.15) is 5.75 Å². The van der Waals surface area contributed by atoms with Crippen LogP contribution in [0.3, 0.4) is 0 Å². The Morgan fingerprint density at radius 1 is 0.881 bits per heavy atom. The maximum absolute atomic E-state index is 12.9.